The number of aromatic nitrogens is 2. The molecular formula is C11H16N4O. The van der Waals surface area contributed by atoms with Gasteiger partial charge in [0.25, 0.3) is 0 Å². The third kappa shape index (κ3) is 1.66. The van der Waals surface area contributed by atoms with E-state index in [9.17, 15) is 0 Å². The molecule has 3 heterocycles. The Kier molecular flexibility index (Phi) is 2.49. The minimum Gasteiger partial charge on any atom is -0.373 e. The molecule has 0 spiro atoms. The monoisotopic (exact) mass is 220 g/mol. The number of morpholine rings is 1. The van der Waals surface area contributed by atoms with E-state index >= 15 is 0 Å². The summed E-state index contributed by atoms with van der Waals surface area (Å²) in [5.74, 6) is 0.814. The number of fused-ring (bicyclic) bond motifs is 1. The number of ether oxygens (including phenoxy) is 1. The zero-order valence-corrected chi connectivity index (χ0v) is 9.41. The molecule has 86 valence electrons. The van der Waals surface area contributed by atoms with Gasteiger partial charge in [-0.2, -0.15) is 0 Å². The van der Waals surface area contributed by atoms with E-state index in [1.807, 2.05) is 6.07 Å². The first-order valence-electron chi connectivity index (χ1n) is 5.68. The van der Waals surface area contributed by atoms with Crippen molar-refractivity contribution >= 4 is 5.95 Å². The van der Waals surface area contributed by atoms with Gasteiger partial charge in [-0.3, -0.25) is 4.90 Å². The van der Waals surface area contributed by atoms with E-state index in [0.29, 0.717) is 12.1 Å². The van der Waals surface area contributed by atoms with Crippen molar-refractivity contribution in [2.24, 2.45) is 0 Å². The Labute approximate surface area is 95.0 Å². The van der Waals surface area contributed by atoms with Crippen molar-refractivity contribution in [2.75, 3.05) is 38.2 Å². The first kappa shape index (κ1) is 9.99. The Balaban J connectivity index is 1.77. The van der Waals surface area contributed by atoms with Gasteiger partial charge >= 0.3 is 0 Å². The van der Waals surface area contributed by atoms with Gasteiger partial charge in [-0.25, -0.2) is 9.97 Å². The SMILES string of the molecule is CN1CCOC2CN(c3ncccn3)CC21. The van der Waals surface area contributed by atoms with E-state index in [0.717, 1.165) is 32.2 Å². The van der Waals surface area contributed by atoms with E-state index in [1.54, 1.807) is 12.4 Å². The lowest BCUT2D eigenvalue weighted by molar-refractivity contribution is -0.0362. The summed E-state index contributed by atoms with van der Waals surface area (Å²) in [6.45, 7) is 3.72. The molecule has 0 radical (unpaired) electrons. The lowest BCUT2D eigenvalue weighted by Crippen LogP contribution is -2.48. The zero-order chi connectivity index (χ0) is 11.0. The molecule has 1 aromatic rings. The lowest BCUT2D eigenvalue weighted by Gasteiger charge is -2.33. The van der Waals surface area contributed by atoms with E-state index in [1.165, 1.54) is 0 Å². The highest BCUT2D eigenvalue weighted by Crippen LogP contribution is 2.23. The minimum atomic E-state index is 0.308. The van der Waals surface area contributed by atoms with Gasteiger partial charge in [-0.05, 0) is 13.1 Å². The number of nitrogens with zero attached hydrogens (tertiary/aromatic N) is 4. The maximum Gasteiger partial charge on any atom is 0.225 e. The molecule has 3 rings (SSSR count). The molecular weight excluding hydrogens is 204 g/mol. The minimum absolute atomic E-state index is 0.308. The molecule has 5 nitrogen and oxygen atoms in total. The Morgan fingerprint density at radius 1 is 1.31 bits per heavy atom. The number of rotatable bonds is 1. The van der Waals surface area contributed by atoms with Crippen molar-refractivity contribution in [1.29, 1.82) is 0 Å². The second-order valence-electron chi connectivity index (χ2n) is 4.41. The van der Waals surface area contributed by atoms with Crippen LogP contribution in [0.1, 0.15) is 0 Å². The highest BCUT2D eigenvalue weighted by molar-refractivity contribution is 5.32. The molecule has 2 aliphatic heterocycles. The maximum atomic E-state index is 5.79. The van der Waals surface area contributed by atoms with Crippen molar-refractivity contribution in [3.8, 4) is 0 Å². The molecule has 0 aromatic carbocycles. The fourth-order valence-electron chi connectivity index (χ4n) is 2.48. The van der Waals surface area contributed by atoms with Crippen LogP contribution in [0.4, 0.5) is 5.95 Å². The van der Waals surface area contributed by atoms with Crippen LogP contribution in [0.3, 0.4) is 0 Å². The Bertz CT molecular complexity index is 358. The standard InChI is InChI=1S/C11H16N4O/c1-14-5-6-16-10-8-15(7-9(10)14)11-12-3-2-4-13-11/h2-4,9-10H,5-8H2,1H3. The van der Waals surface area contributed by atoms with E-state index in [-0.39, 0.29) is 0 Å². The molecule has 0 saturated carbocycles. The molecule has 1 aromatic heterocycles. The summed E-state index contributed by atoms with van der Waals surface area (Å²) >= 11 is 0. The highest BCUT2D eigenvalue weighted by Gasteiger charge is 2.39. The van der Waals surface area contributed by atoms with Crippen LogP contribution >= 0.6 is 0 Å². The third-order valence-corrected chi connectivity index (χ3v) is 3.41. The van der Waals surface area contributed by atoms with E-state index in [2.05, 4.69) is 26.8 Å². The molecule has 2 saturated heterocycles. The molecule has 16 heavy (non-hydrogen) atoms. The largest absolute Gasteiger partial charge is 0.373 e. The summed E-state index contributed by atoms with van der Waals surface area (Å²) in [5, 5.41) is 0. The Hall–Kier alpha value is -1.20. The van der Waals surface area contributed by atoms with Gasteiger partial charge in [0.1, 0.15) is 0 Å². The van der Waals surface area contributed by atoms with Crippen molar-refractivity contribution < 1.29 is 4.74 Å². The average molecular weight is 220 g/mol. The quantitative estimate of drug-likeness (QED) is 0.666. The summed E-state index contributed by atoms with van der Waals surface area (Å²) in [5.41, 5.74) is 0. The molecule has 2 atom stereocenters. The molecule has 0 aliphatic carbocycles. The molecule has 0 N–H and O–H groups in total. The smallest absolute Gasteiger partial charge is 0.225 e. The van der Waals surface area contributed by atoms with Crippen LogP contribution in [0, 0.1) is 0 Å². The molecule has 2 aliphatic rings. The van der Waals surface area contributed by atoms with Gasteiger partial charge in [0, 0.05) is 32.0 Å². The third-order valence-electron chi connectivity index (χ3n) is 3.41. The van der Waals surface area contributed by atoms with Gasteiger partial charge in [-0.15, -0.1) is 0 Å². The molecule has 5 heteroatoms. The molecule has 0 bridgehead atoms. The Morgan fingerprint density at radius 3 is 2.88 bits per heavy atom. The van der Waals surface area contributed by atoms with Crippen molar-refractivity contribution in [3.05, 3.63) is 18.5 Å². The van der Waals surface area contributed by atoms with Gasteiger partial charge in [0.05, 0.1) is 18.8 Å². The number of hydrogen-bond acceptors (Lipinski definition) is 5. The zero-order valence-electron chi connectivity index (χ0n) is 9.41. The summed E-state index contributed by atoms with van der Waals surface area (Å²) in [7, 11) is 2.16. The lowest BCUT2D eigenvalue weighted by atomic mass is 10.1. The second-order valence-corrected chi connectivity index (χ2v) is 4.41. The predicted molar refractivity (Wildman–Crippen MR) is 60.4 cm³/mol. The molecule has 0 amide bonds. The summed E-state index contributed by atoms with van der Waals surface area (Å²) in [6, 6.07) is 2.33. The number of anilines is 1. The summed E-state index contributed by atoms with van der Waals surface area (Å²) in [4.78, 5) is 13.1. The van der Waals surface area contributed by atoms with Crippen molar-refractivity contribution in [3.63, 3.8) is 0 Å². The molecule has 2 unspecified atom stereocenters. The topological polar surface area (TPSA) is 41.5 Å². The summed E-state index contributed by atoms with van der Waals surface area (Å²) < 4.78 is 5.79. The summed E-state index contributed by atoms with van der Waals surface area (Å²) in [6.07, 6.45) is 3.88. The van der Waals surface area contributed by atoms with E-state index in [4.69, 9.17) is 4.74 Å². The fourth-order valence-corrected chi connectivity index (χ4v) is 2.48. The van der Waals surface area contributed by atoms with Gasteiger partial charge < -0.3 is 9.64 Å². The van der Waals surface area contributed by atoms with Crippen LogP contribution in [-0.4, -0.2) is 60.3 Å². The van der Waals surface area contributed by atoms with Crippen LogP contribution < -0.4 is 4.90 Å². The number of likely N-dealkylation sites (N-methyl/N-ethyl adjacent to an activating group) is 1. The first-order chi connectivity index (χ1) is 7.84. The van der Waals surface area contributed by atoms with E-state index < -0.39 is 0 Å². The predicted octanol–water partition coefficient (Wildman–Crippen LogP) is -0.00420. The van der Waals surface area contributed by atoms with Gasteiger partial charge in [0.2, 0.25) is 5.95 Å². The fraction of sp³-hybridized carbons (Fsp3) is 0.636. The van der Waals surface area contributed by atoms with Crippen LogP contribution in [0.25, 0.3) is 0 Å². The van der Waals surface area contributed by atoms with Crippen LogP contribution in [0.5, 0.6) is 0 Å². The van der Waals surface area contributed by atoms with Gasteiger partial charge in [0.15, 0.2) is 0 Å². The second kappa shape index (κ2) is 3.99. The van der Waals surface area contributed by atoms with Crippen LogP contribution in [0.2, 0.25) is 0 Å². The van der Waals surface area contributed by atoms with Crippen LogP contribution in [0.15, 0.2) is 18.5 Å². The molecule has 2 fully saturated rings. The normalized spacial score (nSPS) is 30.4. The van der Waals surface area contributed by atoms with Crippen molar-refractivity contribution in [2.45, 2.75) is 12.1 Å². The number of hydrogen-bond donors (Lipinski definition) is 0. The average Bonchev–Trinajstić information content (AvgIpc) is 2.76. The maximum absolute atomic E-state index is 5.79. The first-order valence-corrected chi connectivity index (χ1v) is 5.68. The Morgan fingerprint density at radius 2 is 2.12 bits per heavy atom. The van der Waals surface area contributed by atoms with Gasteiger partial charge in [-0.1, -0.05) is 0 Å². The van der Waals surface area contributed by atoms with Crippen LogP contribution in [-0.2, 0) is 4.74 Å². The van der Waals surface area contributed by atoms with Crippen molar-refractivity contribution in [1.82, 2.24) is 14.9 Å². The highest BCUT2D eigenvalue weighted by atomic mass is 16.5.